The maximum Gasteiger partial charge on any atom is 0.223 e. The van der Waals surface area contributed by atoms with Gasteiger partial charge in [0.15, 0.2) is 16.6 Å². The fourth-order valence-corrected chi connectivity index (χ4v) is 8.63. The first-order valence-corrected chi connectivity index (χ1v) is 14.0. The molecule has 0 amide bonds. The molecule has 0 aliphatic heterocycles. The van der Waals surface area contributed by atoms with E-state index in [1.54, 1.807) is 11.0 Å². The first-order valence-electron chi connectivity index (χ1n) is 13.6. The molecular weight excluding hydrogens is 504 g/mol. The van der Waals surface area contributed by atoms with E-state index in [2.05, 4.69) is 45.2 Å². The third-order valence-electron chi connectivity index (χ3n) is 10.5. The number of halogens is 1. The molecule has 4 aliphatic rings. The molecule has 0 spiro atoms. The van der Waals surface area contributed by atoms with Crippen molar-refractivity contribution in [2.24, 2.45) is 28.6 Å². The standard InChI is InChI=1S/C27H33ClN8O2/c1-26-7-5-16(37)9-14(26)3-4-17-18(26)6-8-27(2)19(17)10-20(22(27)38)36-12-15(33-34-36)11-35-13-30-21-23(28)31-25(29)32-24(21)35/h3,12-13,16-20,37H,4-11H2,1-2H3,(H2,29,31,32)/t16-,17+,18-,19-,20-,26-,27-/m0/s1. The van der Waals surface area contributed by atoms with Gasteiger partial charge >= 0.3 is 0 Å². The third-order valence-corrected chi connectivity index (χ3v) is 10.7. The zero-order valence-electron chi connectivity index (χ0n) is 21.7. The SMILES string of the molecule is C[C@]12CC[C@H](O)CC1=CC[C@@H]1[C@@H]2CC[C@]2(C)C(=O)[C@@H](n3cc(Cn4cnc5c(Cl)nc(N)nc54)nn3)C[C@@H]12. The largest absolute Gasteiger partial charge is 0.393 e. The number of aromatic nitrogens is 7. The molecule has 3 fully saturated rings. The van der Waals surface area contributed by atoms with Crippen molar-refractivity contribution in [3.8, 4) is 0 Å². The van der Waals surface area contributed by atoms with Gasteiger partial charge in [0, 0.05) is 5.41 Å². The van der Waals surface area contributed by atoms with Gasteiger partial charge in [0.2, 0.25) is 5.95 Å². The highest BCUT2D eigenvalue weighted by Crippen LogP contribution is 2.65. The molecule has 7 rings (SSSR count). The number of carbonyl (C=O) groups is 1. The second-order valence-electron chi connectivity index (χ2n) is 12.3. The molecule has 3 aromatic heterocycles. The van der Waals surface area contributed by atoms with E-state index in [1.807, 2.05) is 10.8 Å². The predicted molar refractivity (Wildman–Crippen MR) is 141 cm³/mol. The lowest BCUT2D eigenvalue weighted by atomic mass is 9.48. The highest BCUT2D eigenvalue weighted by Gasteiger charge is 2.61. The predicted octanol–water partition coefficient (Wildman–Crippen LogP) is 3.75. The number of carbonyl (C=O) groups excluding carboxylic acids is 1. The number of nitrogens with zero attached hydrogens (tertiary/aromatic N) is 7. The summed E-state index contributed by atoms with van der Waals surface area (Å²) in [6.07, 6.45) is 12.2. The Morgan fingerprint density at radius 3 is 2.84 bits per heavy atom. The number of hydrogen-bond donors (Lipinski definition) is 2. The number of anilines is 1. The van der Waals surface area contributed by atoms with Crippen LogP contribution in [0, 0.1) is 28.6 Å². The Morgan fingerprint density at radius 1 is 1.18 bits per heavy atom. The van der Waals surface area contributed by atoms with E-state index >= 15 is 0 Å². The monoisotopic (exact) mass is 536 g/mol. The summed E-state index contributed by atoms with van der Waals surface area (Å²) in [7, 11) is 0. The van der Waals surface area contributed by atoms with Gasteiger partial charge in [0.25, 0.3) is 0 Å². The number of nitrogens with two attached hydrogens (primary N) is 1. The molecule has 38 heavy (non-hydrogen) atoms. The highest BCUT2D eigenvalue weighted by molar-refractivity contribution is 6.33. The van der Waals surface area contributed by atoms with Crippen LogP contribution in [-0.2, 0) is 11.3 Å². The van der Waals surface area contributed by atoms with Crippen LogP contribution in [0.5, 0.6) is 0 Å². The molecule has 7 atom stereocenters. The molecule has 10 nitrogen and oxygen atoms in total. The number of aliphatic hydroxyl groups is 1. The number of fused-ring (bicyclic) bond motifs is 6. The van der Waals surface area contributed by atoms with Crippen LogP contribution < -0.4 is 5.73 Å². The van der Waals surface area contributed by atoms with Crippen LogP contribution in [0.4, 0.5) is 5.95 Å². The van der Waals surface area contributed by atoms with Gasteiger partial charge in [-0.3, -0.25) is 4.79 Å². The van der Waals surface area contributed by atoms with Gasteiger partial charge in [-0.05, 0) is 68.1 Å². The molecule has 0 unspecified atom stereocenters. The zero-order chi connectivity index (χ0) is 26.4. The van der Waals surface area contributed by atoms with E-state index in [-0.39, 0.29) is 39.9 Å². The molecule has 3 saturated carbocycles. The average molecular weight is 537 g/mol. The summed E-state index contributed by atoms with van der Waals surface area (Å²) in [5, 5.41) is 19.3. The number of hydrogen-bond acceptors (Lipinski definition) is 8. The summed E-state index contributed by atoms with van der Waals surface area (Å²) in [5.41, 5.74) is 8.77. The van der Waals surface area contributed by atoms with E-state index < -0.39 is 0 Å². The minimum atomic E-state index is -0.334. The Kier molecular flexibility index (Phi) is 5.30. The van der Waals surface area contributed by atoms with Crippen molar-refractivity contribution >= 4 is 34.5 Å². The van der Waals surface area contributed by atoms with Crippen LogP contribution in [0.25, 0.3) is 11.2 Å². The number of ketones is 1. The van der Waals surface area contributed by atoms with E-state index in [1.165, 1.54) is 5.57 Å². The summed E-state index contributed by atoms with van der Waals surface area (Å²) in [4.78, 5) is 26.5. The fraction of sp³-hybridized carbons (Fsp3) is 0.630. The second kappa shape index (κ2) is 8.32. The van der Waals surface area contributed by atoms with Crippen molar-refractivity contribution in [3.05, 3.63) is 35.0 Å². The topological polar surface area (TPSA) is 138 Å². The van der Waals surface area contributed by atoms with Crippen molar-refractivity contribution in [2.75, 3.05) is 5.73 Å². The maximum absolute atomic E-state index is 13.9. The van der Waals surface area contributed by atoms with Crippen LogP contribution in [0.3, 0.4) is 0 Å². The molecule has 11 heteroatoms. The summed E-state index contributed by atoms with van der Waals surface area (Å²) in [6.45, 7) is 4.98. The van der Waals surface area contributed by atoms with E-state index in [0.29, 0.717) is 41.2 Å². The lowest BCUT2D eigenvalue weighted by Crippen LogP contribution is -2.50. The Morgan fingerprint density at radius 2 is 2.00 bits per heavy atom. The van der Waals surface area contributed by atoms with Gasteiger partial charge in [-0.15, -0.1) is 5.10 Å². The first kappa shape index (κ1) is 24.2. The van der Waals surface area contributed by atoms with Crippen LogP contribution in [0.2, 0.25) is 5.15 Å². The van der Waals surface area contributed by atoms with Gasteiger partial charge in [-0.25, -0.2) is 9.67 Å². The smallest absolute Gasteiger partial charge is 0.223 e. The van der Waals surface area contributed by atoms with Crippen molar-refractivity contribution < 1.29 is 9.90 Å². The summed E-state index contributed by atoms with van der Waals surface area (Å²) in [6, 6.07) is -0.302. The third kappa shape index (κ3) is 3.42. The molecule has 3 aromatic rings. The fourth-order valence-electron chi connectivity index (χ4n) is 8.41. The van der Waals surface area contributed by atoms with Crippen molar-refractivity contribution in [2.45, 2.75) is 77.5 Å². The van der Waals surface area contributed by atoms with Crippen molar-refractivity contribution in [1.82, 2.24) is 34.5 Å². The summed E-state index contributed by atoms with van der Waals surface area (Å²) >= 11 is 6.17. The Labute approximate surface area is 225 Å². The van der Waals surface area contributed by atoms with E-state index in [9.17, 15) is 9.90 Å². The van der Waals surface area contributed by atoms with Crippen LogP contribution in [0.1, 0.15) is 70.5 Å². The number of Topliss-reactive ketones (excluding diaryl/α,β-unsaturated/α-hetero) is 1. The number of rotatable bonds is 3. The van der Waals surface area contributed by atoms with Crippen molar-refractivity contribution in [3.63, 3.8) is 0 Å². The summed E-state index contributed by atoms with van der Waals surface area (Å²) < 4.78 is 3.58. The van der Waals surface area contributed by atoms with Crippen molar-refractivity contribution in [1.29, 1.82) is 0 Å². The number of imidazole rings is 1. The highest BCUT2D eigenvalue weighted by atomic mass is 35.5. The zero-order valence-corrected chi connectivity index (χ0v) is 22.5. The average Bonchev–Trinajstić information content (AvgIpc) is 3.57. The number of allylic oxidation sites excluding steroid dienone is 1. The number of nitrogen functional groups attached to an aromatic ring is 1. The second-order valence-corrected chi connectivity index (χ2v) is 12.7. The molecular formula is C27H33ClN8O2. The molecule has 0 bridgehead atoms. The minimum Gasteiger partial charge on any atom is -0.393 e. The van der Waals surface area contributed by atoms with Gasteiger partial charge in [0.05, 0.1) is 25.2 Å². The summed E-state index contributed by atoms with van der Waals surface area (Å²) in [5.74, 6) is 1.76. The number of aliphatic hydroxyl groups excluding tert-OH is 1. The Hall–Kier alpha value is -2.85. The van der Waals surface area contributed by atoms with Crippen LogP contribution >= 0.6 is 11.6 Å². The van der Waals surface area contributed by atoms with Gasteiger partial charge in [0.1, 0.15) is 17.3 Å². The molecule has 3 N–H and O–H groups in total. The maximum atomic E-state index is 13.9. The Bertz CT molecular complexity index is 1480. The molecule has 200 valence electrons. The lowest BCUT2D eigenvalue weighted by Gasteiger charge is -2.56. The first-order chi connectivity index (χ1) is 18.2. The molecule has 0 saturated heterocycles. The van der Waals surface area contributed by atoms with Crippen LogP contribution in [0.15, 0.2) is 24.2 Å². The molecule has 0 radical (unpaired) electrons. The molecule has 0 aromatic carbocycles. The van der Waals surface area contributed by atoms with Gasteiger partial charge < -0.3 is 15.4 Å². The lowest BCUT2D eigenvalue weighted by molar-refractivity contribution is -0.134. The van der Waals surface area contributed by atoms with Crippen LogP contribution in [-0.4, -0.2) is 51.5 Å². The molecule has 4 aliphatic carbocycles. The van der Waals surface area contributed by atoms with E-state index in [4.69, 9.17) is 17.3 Å². The minimum absolute atomic E-state index is 0.0848. The van der Waals surface area contributed by atoms with Gasteiger partial charge in [-0.1, -0.05) is 42.3 Å². The Balaban J connectivity index is 1.15. The van der Waals surface area contributed by atoms with Gasteiger partial charge in [-0.2, -0.15) is 9.97 Å². The molecule has 3 heterocycles. The quantitative estimate of drug-likeness (QED) is 0.381. The van der Waals surface area contributed by atoms with E-state index in [0.717, 1.165) is 44.9 Å². The normalized spacial score (nSPS) is 36.6.